The molecule has 0 saturated heterocycles. The molecule has 162 valence electrons. The van der Waals surface area contributed by atoms with Crippen LogP contribution in [-0.4, -0.2) is 33.3 Å². The van der Waals surface area contributed by atoms with Gasteiger partial charge in [0.25, 0.3) is 5.56 Å². The zero-order valence-electron chi connectivity index (χ0n) is 17.3. The summed E-state index contributed by atoms with van der Waals surface area (Å²) in [6.45, 7) is 0.268. The van der Waals surface area contributed by atoms with Crippen LogP contribution >= 0.6 is 11.8 Å². The molecule has 0 spiro atoms. The van der Waals surface area contributed by atoms with Crippen molar-refractivity contribution in [2.45, 2.75) is 17.5 Å². The van der Waals surface area contributed by atoms with Gasteiger partial charge in [-0.25, -0.2) is 13.6 Å². The molecule has 1 aromatic carbocycles. The lowest BCUT2D eigenvalue weighted by Crippen LogP contribution is -2.37. The van der Waals surface area contributed by atoms with Crippen LogP contribution < -0.4 is 11.2 Å². The number of aromatic nitrogens is 7. The fourth-order valence-electron chi connectivity index (χ4n) is 3.67. The molecule has 0 fully saturated rings. The van der Waals surface area contributed by atoms with Crippen LogP contribution in [-0.2, 0) is 26.4 Å². The molecule has 5 rings (SSSR count). The van der Waals surface area contributed by atoms with Gasteiger partial charge in [0, 0.05) is 26.0 Å². The highest BCUT2D eigenvalue weighted by molar-refractivity contribution is 7.98. The van der Waals surface area contributed by atoms with Gasteiger partial charge in [-0.2, -0.15) is 0 Å². The number of aryl methyl sites for hydroxylation is 1. The van der Waals surface area contributed by atoms with Gasteiger partial charge in [0.2, 0.25) is 5.78 Å². The van der Waals surface area contributed by atoms with Crippen molar-refractivity contribution in [1.82, 2.24) is 33.3 Å². The summed E-state index contributed by atoms with van der Waals surface area (Å²) in [4.78, 5) is 30.1. The number of hydrogen-bond donors (Lipinski definition) is 0. The molecule has 0 amide bonds. The zero-order chi connectivity index (χ0) is 22.4. The summed E-state index contributed by atoms with van der Waals surface area (Å²) in [5.41, 5.74) is 1.50. The van der Waals surface area contributed by atoms with Gasteiger partial charge in [0.05, 0.1) is 12.2 Å². The number of benzene rings is 1. The van der Waals surface area contributed by atoms with Gasteiger partial charge in [0.15, 0.2) is 16.3 Å². The van der Waals surface area contributed by atoms with Gasteiger partial charge in [-0.3, -0.25) is 23.5 Å². The predicted octanol–water partition coefficient (Wildman–Crippen LogP) is 1.96. The Morgan fingerprint density at radius 1 is 1.00 bits per heavy atom. The molecular formula is C21H18FN7O2S. The second-order valence-electron chi connectivity index (χ2n) is 7.32. The Bertz CT molecular complexity index is 1570. The van der Waals surface area contributed by atoms with Crippen molar-refractivity contribution < 1.29 is 4.39 Å². The number of nitrogens with zero attached hydrogens (tertiary/aromatic N) is 7. The van der Waals surface area contributed by atoms with Crippen molar-refractivity contribution >= 4 is 28.7 Å². The van der Waals surface area contributed by atoms with E-state index in [-0.39, 0.29) is 12.4 Å². The summed E-state index contributed by atoms with van der Waals surface area (Å²) in [5.74, 6) is 0.627. The quantitative estimate of drug-likeness (QED) is 0.380. The van der Waals surface area contributed by atoms with E-state index >= 15 is 0 Å². The SMILES string of the molecule is Cn1c(=O)c2c(n(C)c1=O)n1c(SCc3ccccn3)nnc1n2Cc1ccc(F)cc1. The Morgan fingerprint density at radius 2 is 1.78 bits per heavy atom. The lowest BCUT2D eigenvalue weighted by molar-refractivity contribution is 0.626. The highest BCUT2D eigenvalue weighted by Crippen LogP contribution is 2.26. The third kappa shape index (κ3) is 3.21. The van der Waals surface area contributed by atoms with Crippen molar-refractivity contribution in [1.29, 1.82) is 0 Å². The molecule has 32 heavy (non-hydrogen) atoms. The molecule has 4 heterocycles. The topological polar surface area (TPSA) is 92.0 Å². The fourth-order valence-corrected chi connectivity index (χ4v) is 4.51. The minimum absolute atomic E-state index is 0.268. The second kappa shape index (κ2) is 7.75. The van der Waals surface area contributed by atoms with E-state index in [0.717, 1.165) is 15.8 Å². The molecular weight excluding hydrogens is 433 g/mol. The van der Waals surface area contributed by atoms with Crippen LogP contribution in [0.2, 0.25) is 0 Å². The van der Waals surface area contributed by atoms with E-state index in [0.29, 0.717) is 27.9 Å². The van der Waals surface area contributed by atoms with Crippen LogP contribution in [0.3, 0.4) is 0 Å². The molecule has 9 nitrogen and oxygen atoms in total. The first-order chi connectivity index (χ1) is 15.5. The number of hydrogen-bond acceptors (Lipinski definition) is 6. The van der Waals surface area contributed by atoms with Crippen molar-refractivity contribution in [3.05, 3.63) is 86.6 Å². The van der Waals surface area contributed by atoms with E-state index in [1.165, 1.54) is 35.5 Å². The van der Waals surface area contributed by atoms with Crippen LogP contribution in [0.15, 0.2) is 63.4 Å². The van der Waals surface area contributed by atoms with Crippen molar-refractivity contribution in [3.8, 4) is 0 Å². The number of halogens is 1. The summed E-state index contributed by atoms with van der Waals surface area (Å²) in [5, 5.41) is 9.16. The molecule has 0 atom stereocenters. The molecule has 5 aromatic rings. The van der Waals surface area contributed by atoms with Gasteiger partial charge >= 0.3 is 5.69 Å². The Morgan fingerprint density at radius 3 is 2.50 bits per heavy atom. The summed E-state index contributed by atoms with van der Waals surface area (Å²) in [6.07, 6.45) is 1.72. The summed E-state index contributed by atoms with van der Waals surface area (Å²) >= 11 is 1.41. The van der Waals surface area contributed by atoms with Gasteiger partial charge in [-0.1, -0.05) is 30.0 Å². The van der Waals surface area contributed by atoms with E-state index in [4.69, 9.17) is 0 Å². The van der Waals surface area contributed by atoms with Gasteiger partial charge in [-0.15, -0.1) is 10.2 Å². The summed E-state index contributed by atoms with van der Waals surface area (Å²) < 4.78 is 19.3. The minimum Gasteiger partial charge on any atom is -0.298 e. The average Bonchev–Trinajstić information content (AvgIpc) is 3.36. The number of imidazole rings is 1. The van der Waals surface area contributed by atoms with E-state index in [2.05, 4.69) is 15.2 Å². The molecule has 0 N–H and O–H groups in total. The number of fused-ring (bicyclic) bond motifs is 3. The molecule has 0 aliphatic carbocycles. The molecule has 0 bridgehead atoms. The molecule has 11 heteroatoms. The number of pyridine rings is 1. The smallest absolute Gasteiger partial charge is 0.298 e. The molecule has 4 aromatic heterocycles. The van der Waals surface area contributed by atoms with E-state index in [1.807, 2.05) is 18.2 Å². The minimum atomic E-state index is -0.447. The van der Waals surface area contributed by atoms with E-state index in [1.54, 1.807) is 34.3 Å². The summed E-state index contributed by atoms with van der Waals surface area (Å²) in [6, 6.07) is 11.7. The molecule has 0 saturated carbocycles. The van der Waals surface area contributed by atoms with Gasteiger partial charge in [0.1, 0.15) is 5.82 Å². The number of rotatable bonds is 5. The summed E-state index contributed by atoms with van der Waals surface area (Å²) in [7, 11) is 3.05. The maximum Gasteiger partial charge on any atom is 0.332 e. The second-order valence-corrected chi connectivity index (χ2v) is 8.26. The van der Waals surface area contributed by atoms with Gasteiger partial charge in [-0.05, 0) is 29.8 Å². The Hall–Kier alpha value is -3.73. The first-order valence-electron chi connectivity index (χ1n) is 9.76. The van der Waals surface area contributed by atoms with Crippen LogP contribution in [0.4, 0.5) is 4.39 Å². The largest absolute Gasteiger partial charge is 0.332 e. The predicted molar refractivity (Wildman–Crippen MR) is 118 cm³/mol. The van der Waals surface area contributed by atoms with Crippen LogP contribution in [0.1, 0.15) is 11.3 Å². The zero-order valence-corrected chi connectivity index (χ0v) is 18.1. The normalized spacial score (nSPS) is 11.6. The molecule has 0 aliphatic rings. The monoisotopic (exact) mass is 451 g/mol. The lowest BCUT2D eigenvalue weighted by atomic mass is 10.2. The fraction of sp³-hybridized carbons (Fsp3) is 0.190. The Balaban J connectivity index is 1.73. The first-order valence-corrected chi connectivity index (χ1v) is 10.7. The van der Waals surface area contributed by atoms with Crippen LogP contribution in [0, 0.1) is 5.82 Å². The number of thioether (sulfide) groups is 1. The Kier molecular flexibility index (Phi) is 4.89. The third-order valence-electron chi connectivity index (χ3n) is 5.28. The van der Waals surface area contributed by atoms with Crippen molar-refractivity contribution in [2.24, 2.45) is 14.1 Å². The van der Waals surface area contributed by atoms with Crippen LogP contribution in [0.25, 0.3) is 16.9 Å². The average molecular weight is 451 g/mol. The van der Waals surface area contributed by atoms with Crippen molar-refractivity contribution in [3.63, 3.8) is 0 Å². The third-order valence-corrected chi connectivity index (χ3v) is 6.24. The van der Waals surface area contributed by atoms with E-state index in [9.17, 15) is 14.0 Å². The highest BCUT2D eigenvalue weighted by atomic mass is 32.2. The van der Waals surface area contributed by atoms with E-state index < -0.39 is 11.2 Å². The maximum atomic E-state index is 13.4. The molecule has 0 radical (unpaired) electrons. The van der Waals surface area contributed by atoms with Crippen LogP contribution in [0.5, 0.6) is 0 Å². The first kappa shape index (κ1) is 20.2. The standard InChI is InChI=1S/C21H18FN7O2S/c1-26-17-16(18(30)27(2)21(26)31)28(11-13-6-8-14(22)9-7-13)19-24-25-20(29(17)19)32-12-15-5-3-4-10-23-15/h3-10H,11-12H2,1-2H3. The lowest BCUT2D eigenvalue weighted by Gasteiger charge is -2.07. The molecule has 0 unspecified atom stereocenters. The van der Waals surface area contributed by atoms with Gasteiger partial charge < -0.3 is 0 Å². The van der Waals surface area contributed by atoms with Crippen molar-refractivity contribution in [2.75, 3.05) is 0 Å². The maximum absolute atomic E-state index is 13.4. The Labute approximate surface area is 184 Å². The highest BCUT2D eigenvalue weighted by Gasteiger charge is 2.23. The molecule has 0 aliphatic heterocycles.